The molecule has 0 radical (unpaired) electrons. The summed E-state index contributed by atoms with van der Waals surface area (Å²) in [5, 5.41) is 12.1. The van der Waals surface area contributed by atoms with Gasteiger partial charge in [0, 0.05) is 11.4 Å². The maximum Gasteiger partial charge on any atom is 0.277 e. The molecule has 1 aromatic heterocycles. The van der Waals surface area contributed by atoms with E-state index in [1.807, 2.05) is 55.5 Å². The van der Waals surface area contributed by atoms with Crippen LogP contribution in [-0.2, 0) is 11.2 Å². The van der Waals surface area contributed by atoms with E-state index in [9.17, 15) is 9.59 Å². The molecule has 1 N–H and O–H groups in total. The molecule has 2 aromatic carbocycles. The lowest BCUT2D eigenvalue weighted by molar-refractivity contribution is -0.117. The summed E-state index contributed by atoms with van der Waals surface area (Å²) in [5.41, 5.74) is 4.63. The molecule has 0 bridgehead atoms. The van der Waals surface area contributed by atoms with E-state index in [1.165, 1.54) is 4.90 Å². The first-order valence-corrected chi connectivity index (χ1v) is 10.1. The number of hydrogen-bond donors (Lipinski definition) is 1. The second-order valence-electron chi connectivity index (χ2n) is 7.65. The number of hydrogen-bond acceptors (Lipinski definition) is 4. The van der Waals surface area contributed by atoms with Crippen molar-refractivity contribution in [2.24, 2.45) is 0 Å². The monoisotopic (exact) mass is 410 g/mol. The van der Waals surface area contributed by atoms with Crippen LogP contribution in [0.2, 0.25) is 0 Å². The number of nitriles is 1. The first kappa shape index (κ1) is 20.3. The first-order chi connectivity index (χ1) is 15.0. The fraction of sp³-hybridized carbons (Fsp3) is 0.200. The van der Waals surface area contributed by atoms with Gasteiger partial charge in [0.2, 0.25) is 5.91 Å². The number of nitrogens with zero attached hydrogens (tertiary/aromatic N) is 3. The number of rotatable bonds is 3. The average Bonchev–Trinajstić information content (AvgIpc) is 2.79. The average molecular weight is 410 g/mol. The SMILES string of the molecule is Cc1ccc(NC(=O)C2CCc3ccccc3N2C(=O)c2ccc(C#N)c(C)n2)cc1. The van der Waals surface area contributed by atoms with Gasteiger partial charge in [-0.05, 0) is 62.6 Å². The molecule has 2 amide bonds. The Kier molecular flexibility index (Phi) is 5.50. The maximum atomic E-state index is 13.5. The number of fused-ring (bicyclic) bond motifs is 1. The lowest BCUT2D eigenvalue weighted by atomic mass is 9.94. The Morgan fingerprint density at radius 1 is 1.06 bits per heavy atom. The Labute approximate surface area is 181 Å². The Bertz CT molecular complexity index is 1190. The van der Waals surface area contributed by atoms with E-state index in [2.05, 4.69) is 16.4 Å². The third-order valence-corrected chi connectivity index (χ3v) is 5.52. The summed E-state index contributed by atoms with van der Waals surface area (Å²) in [6.45, 7) is 3.68. The van der Waals surface area contributed by atoms with E-state index in [1.54, 1.807) is 19.1 Å². The number of pyridine rings is 1. The second-order valence-corrected chi connectivity index (χ2v) is 7.65. The van der Waals surface area contributed by atoms with Gasteiger partial charge in [-0.3, -0.25) is 14.5 Å². The number of carbonyl (C=O) groups excluding carboxylic acids is 2. The Hall–Kier alpha value is -3.98. The molecule has 0 saturated carbocycles. The van der Waals surface area contributed by atoms with Crippen LogP contribution in [0.5, 0.6) is 0 Å². The van der Waals surface area contributed by atoms with Crippen LogP contribution >= 0.6 is 0 Å². The van der Waals surface area contributed by atoms with Crippen LogP contribution in [0.25, 0.3) is 0 Å². The summed E-state index contributed by atoms with van der Waals surface area (Å²) in [5.74, 6) is -0.596. The highest BCUT2D eigenvalue weighted by Crippen LogP contribution is 2.32. The minimum Gasteiger partial charge on any atom is -0.324 e. The van der Waals surface area contributed by atoms with Crippen LogP contribution in [-0.4, -0.2) is 22.8 Å². The predicted octanol–water partition coefficient (Wildman–Crippen LogP) is 4.17. The van der Waals surface area contributed by atoms with Crippen molar-refractivity contribution in [2.75, 3.05) is 10.2 Å². The van der Waals surface area contributed by atoms with Crippen LogP contribution in [0.15, 0.2) is 60.7 Å². The predicted molar refractivity (Wildman–Crippen MR) is 119 cm³/mol. The molecule has 31 heavy (non-hydrogen) atoms. The lowest BCUT2D eigenvalue weighted by Gasteiger charge is -2.36. The normalized spacial score (nSPS) is 15.0. The molecule has 0 fully saturated rings. The van der Waals surface area contributed by atoms with Crippen LogP contribution in [0.4, 0.5) is 11.4 Å². The van der Waals surface area contributed by atoms with Crippen LogP contribution in [0.1, 0.15) is 39.3 Å². The van der Waals surface area contributed by atoms with Crippen molar-refractivity contribution in [3.63, 3.8) is 0 Å². The summed E-state index contributed by atoms with van der Waals surface area (Å²) in [6, 6.07) is 19.7. The molecule has 1 aliphatic heterocycles. The van der Waals surface area contributed by atoms with E-state index >= 15 is 0 Å². The fourth-order valence-corrected chi connectivity index (χ4v) is 3.83. The highest BCUT2D eigenvalue weighted by Gasteiger charge is 2.36. The van der Waals surface area contributed by atoms with Gasteiger partial charge in [-0.1, -0.05) is 35.9 Å². The third-order valence-electron chi connectivity index (χ3n) is 5.52. The van der Waals surface area contributed by atoms with E-state index in [0.29, 0.717) is 35.5 Å². The number of carbonyl (C=O) groups is 2. The van der Waals surface area contributed by atoms with Crippen LogP contribution < -0.4 is 10.2 Å². The van der Waals surface area contributed by atoms with Gasteiger partial charge in [0.15, 0.2) is 0 Å². The molecular weight excluding hydrogens is 388 g/mol. The summed E-state index contributed by atoms with van der Waals surface area (Å²) in [4.78, 5) is 32.6. The minimum atomic E-state index is -0.665. The molecule has 3 aromatic rings. The molecule has 0 saturated heterocycles. The van der Waals surface area contributed by atoms with Crippen molar-refractivity contribution in [1.29, 1.82) is 5.26 Å². The molecule has 1 unspecified atom stereocenters. The number of benzene rings is 2. The standard InChI is InChI=1S/C25H22N4O2/c1-16-7-11-20(12-8-16)28-24(30)23-14-10-18-5-3-4-6-22(18)29(23)25(31)21-13-9-19(15-26)17(2)27-21/h3-9,11-13,23H,10,14H2,1-2H3,(H,28,30). The van der Waals surface area contributed by atoms with Crippen molar-refractivity contribution in [1.82, 2.24) is 4.98 Å². The highest BCUT2D eigenvalue weighted by molar-refractivity contribution is 6.11. The molecule has 1 atom stereocenters. The maximum absolute atomic E-state index is 13.5. The Morgan fingerprint density at radius 3 is 2.52 bits per heavy atom. The van der Waals surface area contributed by atoms with Crippen molar-refractivity contribution in [3.05, 3.63) is 88.7 Å². The molecule has 2 heterocycles. The van der Waals surface area contributed by atoms with E-state index in [4.69, 9.17) is 5.26 Å². The smallest absolute Gasteiger partial charge is 0.277 e. The molecule has 0 spiro atoms. The number of amides is 2. The zero-order valence-corrected chi connectivity index (χ0v) is 17.4. The van der Waals surface area contributed by atoms with Gasteiger partial charge in [0.05, 0.1) is 11.3 Å². The quantitative estimate of drug-likeness (QED) is 0.702. The highest BCUT2D eigenvalue weighted by atomic mass is 16.2. The number of para-hydroxylation sites is 1. The zero-order valence-electron chi connectivity index (χ0n) is 17.4. The van der Waals surface area contributed by atoms with Crippen LogP contribution in [0, 0.1) is 25.2 Å². The second kappa shape index (κ2) is 8.41. The van der Waals surface area contributed by atoms with Gasteiger partial charge < -0.3 is 5.32 Å². The summed E-state index contributed by atoms with van der Waals surface area (Å²) in [6.07, 6.45) is 1.21. The topological polar surface area (TPSA) is 86.1 Å². The van der Waals surface area contributed by atoms with Gasteiger partial charge in [-0.2, -0.15) is 5.26 Å². The Balaban J connectivity index is 1.70. The molecule has 6 heteroatoms. The fourth-order valence-electron chi connectivity index (χ4n) is 3.83. The summed E-state index contributed by atoms with van der Waals surface area (Å²) >= 11 is 0. The van der Waals surface area contributed by atoms with E-state index in [-0.39, 0.29) is 17.5 Å². The number of anilines is 2. The molecule has 4 rings (SSSR count). The van der Waals surface area contributed by atoms with Gasteiger partial charge in [0.1, 0.15) is 17.8 Å². The van der Waals surface area contributed by atoms with Gasteiger partial charge in [-0.15, -0.1) is 0 Å². The third kappa shape index (κ3) is 4.03. The van der Waals surface area contributed by atoms with Crippen molar-refractivity contribution in [2.45, 2.75) is 32.7 Å². The number of aryl methyl sites for hydroxylation is 3. The van der Waals surface area contributed by atoms with Gasteiger partial charge in [-0.25, -0.2) is 4.98 Å². The van der Waals surface area contributed by atoms with Crippen molar-refractivity contribution < 1.29 is 9.59 Å². The molecule has 6 nitrogen and oxygen atoms in total. The minimum absolute atomic E-state index is 0.210. The van der Waals surface area contributed by atoms with E-state index in [0.717, 1.165) is 11.1 Å². The summed E-state index contributed by atoms with van der Waals surface area (Å²) < 4.78 is 0. The number of aromatic nitrogens is 1. The Morgan fingerprint density at radius 2 is 1.81 bits per heavy atom. The lowest BCUT2D eigenvalue weighted by Crippen LogP contribution is -2.50. The zero-order chi connectivity index (χ0) is 22.0. The van der Waals surface area contributed by atoms with Gasteiger partial charge in [0.25, 0.3) is 5.91 Å². The van der Waals surface area contributed by atoms with Gasteiger partial charge >= 0.3 is 0 Å². The molecule has 154 valence electrons. The molecular formula is C25H22N4O2. The number of nitrogens with one attached hydrogen (secondary N) is 1. The van der Waals surface area contributed by atoms with Crippen molar-refractivity contribution in [3.8, 4) is 6.07 Å². The molecule has 0 aliphatic carbocycles. The van der Waals surface area contributed by atoms with E-state index < -0.39 is 6.04 Å². The van der Waals surface area contributed by atoms with Crippen molar-refractivity contribution >= 4 is 23.2 Å². The first-order valence-electron chi connectivity index (χ1n) is 10.1. The summed E-state index contributed by atoms with van der Waals surface area (Å²) in [7, 11) is 0. The van der Waals surface area contributed by atoms with Crippen LogP contribution in [0.3, 0.4) is 0 Å². The largest absolute Gasteiger partial charge is 0.324 e. The molecule has 1 aliphatic rings.